The molecule has 4 aliphatic rings. The van der Waals surface area contributed by atoms with Gasteiger partial charge in [0.15, 0.2) is 0 Å². The van der Waals surface area contributed by atoms with Crippen molar-refractivity contribution in [3.05, 3.63) is 69.9 Å². The van der Waals surface area contributed by atoms with Crippen molar-refractivity contribution in [2.24, 2.45) is 0 Å². The number of carbonyl (C=O) groups excluding carboxylic acids is 4. The maximum Gasteiger partial charge on any atom is 0.270 e. The molecule has 10 heteroatoms. The van der Waals surface area contributed by atoms with E-state index < -0.39 is 11.9 Å². The molecule has 1 unspecified atom stereocenters. The van der Waals surface area contributed by atoms with Crippen LogP contribution in [0.2, 0.25) is 0 Å². The second-order valence-electron chi connectivity index (χ2n) is 12.4. The Balaban J connectivity index is 0.999. The summed E-state index contributed by atoms with van der Waals surface area (Å²) < 4.78 is 0. The maximum absolute atomic E-state index is 13.6. The molecule has 3 N–H and O–H groups in total. The molecule has 224 valence electrons. The summed E-state index contributed by atoms with van der Waals surface area (Å²) in [7, 11) is 0. The van der Waals surface area contributed by atoms with Crippen molar-refractivity contribution in [1.82, 2.24) is 30.3 Å². The Morgan fingerprint density at radius 1 is 0.953 bits per heavy atom. The van der Waals surface area contributed by atoms with E-state index >= 15 is 0 Å². The number of rotatable bonds is 5. The van der Waals surface area contributed by atoms with E-state index in [1.807, 2.05) is 24.0 Å². The fourth-order valence-electron chi connectivity index (χ4n) is 7.25. The first-order chi connectivity index (χ1) is 20.9. The van der Waals surface area contributed by atoms with Crippen molar-refractivity contribution in [3.8, 4) is 0 Å². The predicted molar refractivity (Wildman–Crippen MR) is 162 cm³/mol. The zero-order chi connectivity index (χ0) is 29.7. The second-order valence-corrected chi connectivity index (χ2v) is 12.4. The lowest BCUT2D eigenvalue weighted by Crippen LogP contribution is -2.52. The number of H-pyrrole nitrogens is 1. The van der Waals surface area contributed by atoms with Crippen LogP contribution in [0.15, 0.2) is 36.4 Å². The number of aryl methyl sites for hydroxylation is 1. The SMILES string of the molecule is Cc1c(C(=O)N2CCC(c3ccc4c(c3)CN(C3CCC(=O)NC3=O)C4=O)CC2)[nH]c2cc(CN3CCNCC3)ccc12. The highest BCUT2D eigenvalue weighted by Gasteiger charge is 2.39. The minimum absolute atomic E-state index is 0.0511. The number of fused-ring (bicyclic) bond motifs is 2. The Bertz CT molecular complexity index is 1610. The van der Waals surface area contributed by atoms with E-state index in [9.17, 15) is 19.2 Å². The van der Waals surface area contributed by atoms with E-state index in [-0.39, 0.29) is 24.1 Å². The second kappa shape index (κ2) is 11.2. The van der Waals surface area contributed by atoms with Crippen LogP contribution in [0.5, 0.6) is 0 Å². The molecule has 5 heterocycles. The van der Waals surface area contributed by atoms with Crippen molar-refractivity contribution in [2.75, 3.05) is 39.3 Å². The van der Waals surface area contributed by atoms with Crippen molar-refractivity contribution < 1.29 is 19.2 Å². The van der Waals surface area contributed by atoms with Crippen LogP contribution in [0, 0.1) is 6.92 Å². The Morgan fingerprint density at radius 2 is 1.74 bits per heavy atom. The Morgan fingerprint density at radius 3 is 2.51 bits per heavy atom. The molecule has 2 aromatic carbocycles. The van der Waals surface area contributed by atoms with Gasteiger partial charge in [-0.05, 0) is 66.5 Å². The average Bonchev–Trinajstić information content (AvgIpc) is 3.52. The van der Waals surface area contributed by atoms with Crippen molar-refractivity contribution in [2.45, 2.75) is 57.7 Å². The summed E-state index contributed by atoms with van der Waals surface area (Å²) in [5, 5.41) is 6.86. The first-order valence-corrected chi connectivity index (χ1v) is 15.5. The molecule has 0 aliphatic carbocycles. The number of hydrogen-bond acceptors (Lipinski definition) is 6. The topological polar surface area (TPSA) is 118 Å². The third kappa shape index (κ3) is 5.23. The lowest BCUT2D eigenvalue weighted by Gasteiger charge is -2.32. The van der Waals surface area contributed by atoms with Gasteiger partial charge in [0, 0.05) is 75.2 Å². The standard InChI is InChI=1S/C33H38N6O4/c1-20-25-4-2-21(18-37-14-10-34-11-15-37)16-27(25)35-30(20)33(43)38-12-8-22(9-13-38)23-3-5-26-24(17-23)19-39(32(26)42)28-6-7-29(40)36-31(28)41/h2-5,16-17,22,28,34-35H,6-15,18-19H2,1H3,(H,36,40,41). The Kier molecular flexibility index (Phi) is 7.26. The zero-order valence-corrected chi connectivity index (χ0v) is 24.6. The molecule has 0 radical (unpaired) electrons. The molecule has 0 bridgehead atoms. The highest BCUT2D eigenvalue weighted by atomic mass is 16.2. The quantitative estimate of drug-likeness (QED) is 0.399. The average molecular weight is 583 g/mol. The molecule has 3 fully saturated rings. The number of nitrogens with zero attached hydrogens (tertiary/aromatic N) is 3. The number of piperidine rings is 2. The summed E-state index contributed by atoms with van der Waals surface area (Å²) in [6.45, 7) is 8.80. The maximum atomic E-state index is 13.6. The summed E-state index contributed by atoms with van der Waals surface area (Å²) in [4.78, 5) is 60.1. The summed E-state index contributed by atoms with van der Waals surface area (Å²) in [6, 6.07) is 11.9. The number of aromatic nitrogens is 1. The molecule has 7 rings (SSSR count). The highest BCUT2D eigenvalue weighted by molar-refractivity contribution is 6.05. The predicted octanol–water partition coefficient (Wildman–Crippen LogP) is 2.66. The van der Waals surface area contributed by atoms with E-state index in [1.54, 1.807) is 4.90 Å². The van der Waals surface area contributed by atoms with Gasteiger partial charge in [0.2, 0.25) is 11.8 Å². The first kappa shape index (κ1) is 27.8. The van der Waals surface area contributed by atoms with Crippen LogP contribution in [0.25, 0.3) is 10.9 Å². The molecule has 10 nitrogen and oxygen atoms in total. The number of imide groups is 1. The van der Waals surface area contributed by atoms with Crippen LogP contribution in [-0.4, -0.2) is 88.6 Å². The molecule has 1 aromatic heterocycles. The van der Waals surface area contributed by atoms with Crippen molar-refractivity contribution in [3.63, 3.8) is 0 Å². The molecular weight excluding hydrogens is 544 g/mol. The summed E-state index contributed by atoms with van der Waals surface area (Å²) in [6.07, 6.45) is 2.30. The number of aromatic amines is 1. The molecule has 0 spiro atoms. The Hall–Kier alpha value is -4.02. The molecule has 4 aliphatic heterocycles. The van der Waals surface area contributed by atoms with Gasteiger partial charge in [-0.3, -0.25) is 29.4 Å². The van der Waals surface area contributed by atoms with Crippen LogP contribution in [0.4, 0.5) is 0 Å². The third-order valence-corrected chi connectivity index (χ3v) is 9.75. The minimum atomic E-state index is -0.609. The summed E-state index contributed by atoms with van der Waals surface area (Å²) in [5.74, 6) is -0.481. The van der Waals surface area contributed by atoms with Gasteiger partial charge in [0.25, 0.3) is 11.8 Å². The van der Waals surface area contributed by atoms with Gasteiger partial charge < -0.3 is 20.1 Å². The largest absolute Gasteiger partial charge is 0.350 e. The van der Waals surface area contributed by atoms with Gasteiger partial charge in [-0.15, -0.1) is 0 Å². The summed E-state index contributed by atoms with van der Waals surface area (Å²) >= 11 is 0. The van der Waals surface area contributed by atoms with Gasteiger partial charge in [-0.25, -0.2) is 0 Å². The van der Waals surface area contributed by atoms with Crippen LogP contribution in [-0.2, 0) is 22.7 Å². The number of benzene rings is 2. The van der Waals surface area contributed by atoms with E-state index in [2.05, 4.69) is 44.8 Å². The lowest BCUT2D eigenvalue weighted by atomic mass is 9.87. The fraction of sp³-hybridized carbons (Fsp3) is 0.455. The van der Waals surface area contributed by atoms with Crippen LogP contribution in [0.3, 0.4) is 0 Å². The van der Waals surface area contributed by atoms with E-state index in [0.29, 0.717) is 43.2 Å². The van der Waals surface area contributed by atoms with E-state index in [1.165, 1.54) is 11.1 Å². The minimum Gasteiger partial charge on any atom is -0.350 e. The van der Waals surface area contributed by atoms with Crippen LogP contribution < -0.4 is 10.6 Å². The molecule has 43 heavy (non-hydrogen) atoms. The number of carbonyl (C=O) groups is 4. The highest BCUT2D eigenvalue weighted by Crippen LogP contribution is 2.34. The van der Waals surface area contributed by atoms with E-state index in [0.717, 1.165) is 67.6 Å². The van der Waals surface area contributed by atoms with Gasteiger partial charge in [0.05, 0.1) is 0 Å². The zero-order valence-electron chi connectivity index (χ0n) is 24.6. The fourth-order valence-corrected chi connectivity index (χ4v) is 7.25. The smallest absolute Gasteiger partial charge is 0.270 e. The molecule has 4 amide bonds. The lowest BCUT2D eigenvalue weighted by molar-refractivity contribution is -0.136. The number of hydrogen-bond donors (Lipinski definition) is 3. The number of amides is 4. The molecule has 3 aromatic rings. The summed E-state index contributed by atoms with van der Waals surface area (Å²) in [5.41, 5.74) is 6.68. The number of piperazine rings is 1. The number of nitrogens with one attached hydrogen (secondary N) is 3. The molecular formula is C33H38N6O4. The van der Waals surface area contributed by atoms with Crippen molar-refractivity contribution >= 4 is 34.5 Å². The molecule has 1 atom stereocenters. The Labute approximate surface area is 250 Å². The third-order valence-electron chi connectivity index (χ3n) is 9.75. The number of likely N-dealkylation sites (tertiary alicyclic amines) is 1. The van der Waals surface area contributed by atoms with Crippen LogP contribution >= 0.6 is 0 Å². The van der Waals surface area contributed by atoms with Gasteiger partial charge in [-0.2, -0.15) is 0 Å². The van der Waals surface area contributed by atoms with E-state index in [4.69, 9.17) is 0 Å². The molecule has 3 saturated heterocycles. The normalized spacial score (nSPS) is 21.9. The van der Waals surface area contributed by atoms with Gasteiger partial charge in [0.1, 0.15) is 11.7 Å². The van der Waals surface area contributed by atoms with Crippen molar-refractivity contribution in [1.29, 1.82) is 0 Å². The van der Waals surface area contributed by atoms with Gasteiger partial charge >= 0.3 is 0 Å². The monoisotopic (exact) mass is 582 g/mol. The first-order valence-electron chi connectivity index (χ1n) is 15.5. The van der Waals surface area contributed by atoms with Crippen LogP contribution in [0.1, 0.15) is 74.7 Å². The van der Waals surface area contributed by atoms with Gasteiger partial charge in [-0.1, -0.05) is 24.3 Å². The molecule has 0 saturated carbocycles.